The molecule has 0 aliphatic heterocycles. The normalized spacial score (nSPS) is 11.1. The van der Waals surface area contributed by atoms with Crippen molar-refractivity contribution in [3.8, 4) is 5.75 Å². The molecule has 4 rings (SSSR count). The van der Waals surface area contributed by atoms with Crippen LogP contribution in [0.4, 0.5) is 5.13 Å². The highest BCUT2D eigenvalue weighted by Gasteiger charge is 2.16. The van der Waals surface area contributed by atoms with Crippen LogP contribution in [0, 0.1) is 6.92 Å². The van der Waals surface area contributed by atoms with E-state index in [1.54, 1.807) is 20.1 Å². The van der Waals surface area contributed by atoms with Gasteiger partial charge in [0.1, 0.15) is 17.2 Å². The number of thiazole rings is 1. The van der Waals surface area contributed by atoms with Gasteiger partial charge in [-0.05, 0) is 36.8 Å². The number of ether oxygens (including phenoxy) is 2. The lowest BCUT2D eigenvalue weighted by Gasteiger charge is -2.12. The summed E-state index contributed by atoms with van der Waals surface area (Å²) in [5.41, 5.74) is 5.25. The van der Waals surface area contributed by atoms with Gasteiger partial charge in [-0.3, -0.25) is 5.43 Å². The molecule has 1 aromatic heterocycles. The Balaban J connectivity index is 1.59. The van der Waals surface area contributed by atoms with Crippen molar-refractivity contribution in [1.82, 2.24) is 4.98 Å². The number of carbonyl (C=O) groups excluding carboxylic acids is 1. The molecule has 0 atom stereocenters. The number of carbonyl (C=O) groups is 1. The number of aromatic nitrogens is 1. The first-order valence-electron chi connectivity index (χ1n) is 10.4. The molecule has 0 amide bonds. The molecule has 168 valence electrons. The van der Waals surface area contributed by atoms with E-state index in [0.29, 0.717) is 39.7 Å². The molecule has 0 aliphatic rings. The number of halogens is 1. The third-order valence-corrected chi connectivity index (χ3v) is 6.29. The minimum Gasteiger partial charge on any atom is -0.488 e. The van der Waals surface area contributed by atoms with Gasteiger partial charge in [0.2, 0.25) is 5.13 Å². The zero-order chi connectivity index (χ0) is 23.2. The van der Waals surface area contributed by atoms with Gasteiger partial charge in [-0.15, -0.1) is 0 Å². The smallest absolute Gasteiger partial charge is 0.350 e. The number of esters is 1. The first-order valence-corrected chi connectivity index (χ1v) is 11.6. The van der Waals surface area contributed by atoms with Crippen LogP contribution in [0.15, 0.2) is 65.8 Å². The van der Waals surface area contributed by atoms with Gasteiger partial charge < -0.3 is 9.47 Å². The van der Waals surface area contributed by atoms with Gasteiger partial charge in [-0.2, -0.15) is 5.10 Å². The Bertz CT molecular complexity index is 1320. The number of benzene rings is 3. The molecule has 0 unspecified atom stereocenters. The molecule has 8 heteroatoms. The fourth-order valence-electron chi connectivity index (χ4n) is 3.29. The maximum absolute atomic E-state index is 12.0. The lowest BCUT2D eigenvalue weighted by Crippen LogP contribution is -2.03. The van der Waals surface area contributed by atoms with E-state index in [-0.39, 0.29) is 5.97 Å². The molecule has 0 saturated carbocycles. The number of anilines is 1. The molecule has 1 N–H and O–H groups in total. The van der Waals surface area contributed by atoms with Crippen molar-refractivity contribution in [1.29, 1.82) is 0 Å². The van der Waals surface area contributed by atoms with Gasteiger partial charge in [-0.1, -0.05) is 71.5 Å². The van der Waals surface area contributed by atoms with Gasteiger partial charge in [0.05, 0.1) is 18.5 Å². The summed E-state index contributed by atoms with van der Waals surface area (Å²) in [6.45, 7) is 4.19. The number of hydrogen-bond acceptors (Lipinski definition) is 7. The molecular weight excluding hydrogens is 458 g/mol. The average Bonchev–Trinajstić information content (AvgIpc) is 3.19. The summed E-state index contributed by atoms with van der Waals surface area (Å²) in [5.74, 6) is 0.301. The minimum atomic E-state index is -0.381. The molecule has 1 heterocycles. The van der Waals surface area contributed by atoms with Gasteiger partial charge in [-0.25, -0.2) is 9.78 Å². The number of hydrogen-bond donors (Lipinski definition) is 1. The number of nitrogens with one attached hydrogen (secondary N) is 1. The molecular formula is C25H22ClN3O3S. The second-order valence-electron chi connectivity index (χ2n) is 7.10. The Hall–Kier alpha value is -3.42. The van der Waals surface area contributed by atoms with Gasteiger partial charge in [0, 0.05) is 16.1 Å². The van der Waals surface area contributed by atoms with Crippen LogP contribution in [0.5, 0.6) is 5.75 Å². The second-order valence-corrected chi connectivity index (χ2v) is 8.51. The van der Waals surface area contributed by atoms with Gasteiger partial charge in [0.25, 0.3) is 0 Å². The van der Waals surface area contributed by atoms with E-state index < -0.39 is 0 Å². The second kappa shape index (κ2) is 10.5. The molecule has 0 radical (unpaired) electrons. The summed E-state index contributed by atoms with van der Waals surface area (Å²) in [4.78, 5) is 16.9. The van der Waals surface area contributed by atoms with Crippen LogP contribution in [0.1, 0.15) is 33.4 Å². The van der Waals surface area contributed by atoms with Crippen LogP contribution in [0.2, 0.25) is 5.02 Å². The SMILES string of the molecule is CCOC(=O)c1sc(N/N=C\c2c(OCc3ccccc3Cl)ccc3ccccc23)nc1C. The predicted molar refractivity (Wildman–Crippen MR) is 134 cm³/mol. The summed E-state index contributed by atoms with van der Waals surface area (Å²) in [6, 6.07) is 19.5. The Morgan fingerprint density at radius 1 is 1.15 bits per heavy atom. The quantitative estimate of drug-likeness (QED) is 0.178. The van der Waals surface area contributed by atoms with E-state index in [9.17, 15) is 4.79 Å². The van der Waals surface area contributed by atoms with Crippen LogP contribution in [-0.4, -0.2) is 23.8 Å². The number of nitrogens with zero attached hydrogens (tertiary/aromatic N) is 2. The van der Waals surface area contributed by atoms with Crippen molar-refractivity contribution >= 4 is 51.0 Å². The lowest BCUT2D eigenvalue weighted by atomic mass is 10.0. The average molecular weight is 480 g/mol. The molecule has 0 aliphatic carbocycles. The molecule has 3 aromatic carbocycles. The van der Waals surface area contributed by atoms with Crippen molar-refractivity contribution < 1.29 is 14.3 Å². The largest absolute Gasteiger partial charge is 0.488 e. The van der Waals surface area contributed by atoms with E-state index in [4.69, 9.17) is 21.1 Å². The van der Waals surface area contributed by atoms with Crippen LogP contribution >= 0.6 is 22.9 Å². The number of aryl methyl sites for hydroxylation is 1. The standard InChI is InChI=1S/C25H22ClN3O3S/c1-3-31-24(30)23-16(2)28-25(33-23)29-27-14-20-19-10-6-4-8-17(19)12-13-22(20)32-15-18-9-5-7-11-21(18)26/h4-14H,3,15H2,1-2H3,(H,28,29)/b27-14-. The molecule has 0 saturated heterocycles. The summed E-state index contributed by atoms with van der Waals surface area (Å²) in [6.07, 6.45) is 1.70. The Labute approximate surface area is 200 Å². The van der Waals surface area contributed by atoms with Crippen LogP contribution in [0.25, 0.3) is 10.8 Å². The van der Waals surface area contributed by atoms with Crippen molar-refractivity contribution in [2.24, 2.45) is 5.10 Å². The maximum atomic E-state index is 12.0. The van der Waals surface area contributed by atoms with E-state index in [2.05, 4.69) is 15.5 Å². The Morgan fingerprint density at radius 3 is 2.76 bits per heavy atom. The molecule has 0 spiro atoms. The molecule has 0 fully saturated rings. The molecule has 6 nitrogen and oxygen atoms in total. The Morgan fingerprint density at radius 2 is 1.94 bits per heavy atom. The third kappa shape index (κ3) is 5.32. The fourth-order valence-corrected chi connectivity index (χ4v) is 4.29. The highest BCUT2D eigenvalue weighted by atomic mass is 35.5. The molecule has 0 bridgehead atoms. The maximum Gasteiger partial charge on any atom is 0.350 e. The summed E-state index contributed by atoms with van der Waals surface area (Å²) in [5, 5.41) is 7.60. The van der Waals surface area contributed by atoms with E-state index >= 15 is 0 Å². The van der Waals surface area contributed by atoms with Gasteiger partial charge >= 0.3 is 5.97 Å². The first kappa shape index (κ1) is 22.8. The van der Waals surface area contributed by atoms with Crippen molar-refractivity contribution in [2.75, 3.05) is 12.0 Å². The number of hydrazone groups is 1. The first-order chi connectivity index (χ1) is 16.1. The molecule has 4 aromatic rings. The van der Waals surface area contributed by atoms with Crippen molar-refractivity contribution in [2.45, 2.75) is 20.5 Å². The monoisotopic (exact) mass is 479 g/mol. The van der Waals surface area contributed by atoms with Crippen LogP contribution in [-0.2, 0) is 11.3 Å². The number of rotatable bonds is 8. The van der Waals surface area contributed by atoms with E-state index in [1.807, 2.05) is 60.7 Å². The lowest BCUT2D eigenvalue weighted by molar-refractivity contribution is 0.0531. The van der Waals surface area contributed by atoms with Gasteiger partial charge in [0.15, 0.2) is 0 Å². The molecule has 33 heavy (non-hydrogen) atoms. The van der Waals surface area contributed by atoms with E-state index in [1.165, 1.54) is 11.3 Å². The zero-order valence-electron chi connectivity index (χ0n) is 18.2. The number of fused-ring (bicyclic) bond motifs is 1. The fraction of sp³-hybridized carbons (Fsp3) is 0.160. The minimum absolute atomic E-state index is 0.315. The summed E-state index contributed by atoms with van der Waals surface area (Å²) in [7, 11) is 0. The summed E-state index contributed by atoms with van der Waals surface area (Å²) < 4.78 is 11.2. The highest BCUT2D eigenvalue weighted by Crippen LogP contribution is 2.29. The van der Waals surface area contributed by atoms with Crippen molar-refractivity contribution in [3.05, 3.63) is 87.4 Å². The summed E-state index contributed by atoms with van der Waals surface area (Å²) >= 11 is 7.48. The van der Waals surface area contributed by atoms with Crippen LogP contribution in [0.3, 0.4) is 0 Å². The highest BCUT2D eigenvalue weighted by molar-refractivity contribution is 7.17. The van der Waals surface area contributed by atoms with Crippen molar-refractivity contribution in [3.63, 3.8) is 0 Å². The predicted octanol–water partition coefficient (Wildman–Crippen LogP) is 6.46. The zero-order valence-corrected chi connectivity index (χ0v) is 19.7. The Kier molecular flexibility index (Phi) is 7.22. The third-order valence-electron chi connectivity index (χ3n) is 4.88. The van der Waals surface area contributed by atoms with Crippen LogP contribution < -0.4 is 10.2 Å². The van der Waals surface area contributed by atoms with E-state index in [0.717, 1.165) is 21.9 Å². The topological polar surface area (TPSA) is 72.8 Å².